The van der Waals surface area contributed by atoms with Crippen LogP contribution in [0, 0.1) is 10.1 Å². The molecule has 0 aliphatic rings. The van der Waals surface area contributed by atoms with Crippen LogP contribution < -0.4 is 10.3 Å². The molecular weight excluding hydrogens is 284 g/mol. The Morgan fingerprint density at radius 1 is 1.09 bits per heavy atom. The monoisotopic (exact) mass is 296 g/mol. The molecule has 0 spiro atoms. The van der Waals surface area contributed by atoms with E-state index >= 15 is 0 Å². The minimum absolute atomic E-state index is 0.0117. The molecule has 3 rings (SSSR count). The normalized spacial score (nSPS) is 10.6. The summed E-state index contributed by atoms with van der Waals surface area (Å²) >= 11 is 0. The van der Waals surface area contributed by atoms with E-state index in [2.05, 4.69) is 0 Å². The van der Waals surface area contributed by atoms with E-state index in [1.165, 1.54) is 16.7 Å². The van der Waals surface area contributed by atoms with Gasteiger partial charge in [0.2, 0.25) is 0 Å². The third kappa shape index (κ3) is 2.31. The highest BCUT2D eigenvalue weighted by atomic mass is 16.6. The maximum atomic E-state index is 12.5. The number of pyridine rings is 1. The largest absolute Gasteiger partial charge is 0.497 e. The molecule has 6 heteroatoms. The van der Waals surface area contributed by atoms with Crippen LogP contribution in [0.5, 0.6) is 5.75 Å². The smallest absolute Gasteiger partial charge is 0.269 e. The molecule has 0 saturated heterocycles. The van der Waals surface area contributed by atoms with E-state index < -0.39 is 4.92 Å². The molecule has 110 valence electrons. The maximum absolute atomic E-state index is 12.5. The molecule has 0 saturated carbocycles. The lowest BCUT2D eigenvalue weighted by Gasteiger charge is -2.08. The van der Waals surface area contributed by atoms with E-state index in [0.29, 0.717) is 16.8 Å². The van der Waals surface area contributed by atoms with Gasteiger partial charge in [-0.05, 0) is 41.8 Å². The predicted molar refractivity (Wildman–Crippen MR) is 82.8 cm³/mol. The number of ether oxygens (including phenoxy) is 1. The summed E-state index contributed by atoms with van der Waals surface area (Å²) in [7, 11) is 1.57. The second kappa shape index (κ2) is 5.33. The van der Waals surface area contributed by atoms with Gasteiger partial charge in [-0.1, -0.05) is 0 Å². The fourth-order valence-corrected chi connectivity index (χ4v) is 2.29. The molecular formula is C16H12N2O4. The first-order valence-electron chi connectivity index (χ1n) is 6.54. The molecule has 0 fully saturated rings. The van der Waals surface area contributed by atoms with E-state index in [0.717, 1.165) is 5.39 Å². The summed E-state index contributed by atoms with van der Waals surface area (Å²) < 4.78 is 6.60. The Morgan fingerprint density at radius 2 is 1.82 bits per heavy atom. The van der Waals surface area contributed by atoms with Gasteiger partial charge in [0.1, 0.15) is 5.75 Å². The number of rotatable bonds is 3. The topological polar surface area (TPSA) is 74.4 Å². The summed E-state index contributed by atoms with van der Waals surface area (Å²) in [5.74, 6) is 0.681. The zero-order valence-electron chi connectivity index (χ0n) is 11.7. The van der Waals surface area contributed by atoms with Crippen molar-refractivity contribution in [3.8, 4) is 11.4 Å². The van der Waals surface area contributed by atoms with Crippen LogP contribution in [0.15, 0.2) is 59.5 Å². The van der Waals surface area contributed by atoms with Gasteiger partial charge in [0, 0.05) is 29.4 Å². The Kier molecular flexibility index (Phi) is 3.34. The van der Waals surface area contributed by atoms with Crippen LogP contribution in [-0.2, 0) is 0 Å². The summed E-state index contributed by atoms with van der Waals surface area (Å²) in [5, 5.41) is 12.0. The van der Waals surface area contributed by atoms with Crippen molar-refractivity contribution in [3.63, 3.8) is 0 Å². The van der Waals surface area contributed by atoms with Crippen LogP contribution in [0.2, 0.25) is 0 Å². The lowest BCUT2D eigenvalue weighted by molar-refractivity contribution is -0.384. The van der Waals surface area contributed by atoms with Crippen LogP contribution in [0.1, 0.15) is 0 Å². The molecule has 0 radical (unpaired) electrons. The minimum atomic E-state index is -0.473. The number of aromatic nitrogens is 1. The Hall–Kier alpha value is -3.15. The SMILES string of the molecule is COc1ccc2c(=O)n(-c3ccc([N+](=O)[O-])cc3)ccc2c1. The van der Waals surface area contributed by atoms with Gasteiger partial charge in [-0.2, -0.15) is 0 Å². The summed E-state index contributed by atoms with van der Waals surface area (Å²) in [6, 6.07) is 12.9. The number of benzene rings is 2. The van der Waals surface area contributed by atoms with Crippen LogP contribution in [0.3, 0.4) is 0 Å². The molecule has 2 aromatic carbocycles. The first-order valence-corrected chi connectivity index (χ1v) is 6.54. The molecule has 3 aromatic rings. The number of hydrogen-bond donors (Lipinski definition) is 0. The van der Waals surface area contributed by atoms with Gasteiger partial charge in [-0.3, -0.25) is 19.5 Å². The molecule has 22 heavy (non-hydrogen) atoms. The second-order valence-corrected chi connectivity index (χ2v) is 4.72. The third-order valence-corrected chi connectivity index (χ3v) is 3.45. The molecule has 0 atom stereocenters. The van der Waals surface area contributed by atoms with Gasteiger partial charge in [-0.15, -0.1) is 0 Å². The number of nitro groups is 1. The lowest BCUT2D eigenvalue weighted by Crippen LogP contribution is -2.17. The number of fused-ring (bicyclic) bond motifs is 1. The van der Waals surface area contributed by atoms with Crippen molar-refractivity contribution in [3.05, 3.63) is 75.2 Å². The van der Waals surface area contributed by atoms with Gasteiger partial charge < -0.3 is 4.74 Å². The number of nitrogens with zero attached hydrogens (tertiary/aromatic N) is 2. The second-order valence-electron chi connectivity index (χ2n) is 4.72. The zero-order valence-corrected chi connectivity index (χ0v) is 11.7. The average molecular weight is 296 g/mol. The van der Waals surface area contributed by atoms with Crippen LogP contribution in [-0.4, -0.2) is 16.6 Å². The van der Waals surface area contributed by atoms with Crippen molar-refractivity contribution in [2.24, 2.45) is 0 Å². The fourth-order valence-electron chi connectivity index (χ4n) is 2.29. The lowest BCUT2D eigenvalue weighted by atomic mass is 10.1. The zero-order chi connectivity index (χ0) is 15.7. The van der Waals surface area contributed by atoms with Crippen LogP contribution >= 0.6 is 0 Å². The van der Waals surface area contributed by atoms with E-state index in [1.54, 1.807) is 49.7 Å². The van der Waals surface area contributed by atoms with Crippen LogP contribution in [0.25, 0.3) is 16.5 Å². The molecule has 0 unspecified atom stereocenters. The van der Waals surface area contributed by atoms with Crippen molar-refractivity contribution in [1.82, 2.24) is 4.57 Å². The van der Waals surface area contributed by atoms with E-state index in [-0.39, 0.29) is 11.2 Å². The Balaban J connectivity index is 2.13. The van der Waals surface area contributed by atoms with E-state index in [9.17, 15) is 14.9 Å². The molecule has 1 aromatic heterocycles. The standard InChI is InChI=1S/C16H12N2O4/c1-22-14-6-7-15-11(10-14)8-9-17(16(15)19)12-2-4-13(5-3-12)18(20)21/h2-10H,1H3. The highest BCUT2D eigenvalue weighted by molar-refractivity contribution is 5.83. The van der Waals surface area contributed by atoms with Crippen molar-refractivity contribution >= 4 is 16.5 Å². The summed E-state index contributed by atoms with van der Waals surface area (Å²) in [5.41, 5.74) is 0.379. The molecule has 1 heterocycles. The number of non-ortho nitro benzene ring substituents is 1. The number of nitro benzene ring substituents is 1. The van der Waals surface area contributed by atoms with Crippen LogP contribution in [0.4, 0.5) is 5.69 Å². The first-order chi connectivity index (χ1) is 10.6. The molecule has 0 amide bonds. The third-order valence-electron chi connectivity index (χ3n) is 3.45. The average Bonchev–Trinajstić information content (AvgIpc) is 2.55. The minimum Gasteiger partial charge on any atom is -0.497 e. The fraction of sp³-hybridized carbons (Fsp3) is 0.0625. The highest BCUT2D eigenvalue weighted by Crippen LogP contribution is 2.19. The van der Waals surface area contributed by atoms with Gasteiger partial charge in [0.05, 0.1) is 12.0 Å². The molecule has 0 aliphatic heterocycles. The maximum Gasteiger partial charge on any atom is 0.269 e. The van der Waals surface area contributed by atoms with Crippen molar-refractivity contribution in [1.29, 1.82) is 0 Å². The van der Waals surface area contributed by atoms with Gasteiger partial charge in [0.15, 0.2) is 0 Å². The van der Waals surface area contributed by atoms with Crippen molar-refractivity contribution in [2.75, 3.05) is 7.11 Å². The Morgan fingerprint density at radius 3 is 2.45 bits per heavy atom. The molecule has 6 nitrogen and oxygen atoms in total. The van der Waals surface area contributed by atoms with Crippen molar-refractivity contribution in [2.45, 2.75) is 0 Å². The summed E-state index contributed by atoms with van der Waals surface area (Å²) in [6.07, 6.45) is 1.64. The Bertz CT molecular complexity index is 914. The number of methoxy groups -OCH3 is 1. The van der Waals surface area contributed by atoms with Gasteiger partial charge in [0.25, 0.3) is 11.2 Å². The Labute approximate surface area is 125 Å². The number of hydrogen-bond acceptors (Lipinski definition) is 4. The summed E-state index contributed by atoms with van der Waals surface area (Å²) in [4.78, 5) is 22.7. The molecule has 0 aliphatic carbocycles. The van der Waals surface area contributed by atoms with Crippen molar-refractivity contribution < 1.29 is 9.66 Å². The van der Waals surface area contributed by atoms with E-state index in [4.69, 9.17) is 4.74 Å². The molecule has 0 bridgehead atoms. The molecule has 0 N–H and O–H groups in total. The van der Waals surface area contributed by atoms with Gasteiger partial charge in [-0.25, -0.2) is 0 Å². The summed E-state index contributed by atoms with van der Waals surface area (Å²) in [6.45, 7) is 0. The first kappa shape index (κ1) is 13.8. The van der Waals surface area contributed by atoms with E-state index in [1.807, 2.05) is 0 Å². The predicted octanol–water partition coefficient (Wildman–Crippen LogP) is 2.91. The quantitative estimate of drug-likeness (QED) is 0.550. The highest BCUT2D eigenvalue weighted by Gasteiger charge is 2.08. The van der Waals surface area contributed by atoms with Gasteiger partial charge >= 0.3 is 0 Å².